The van der Waals surface area contributed by atoms with Gasteiger partial charge in [-0.15, -0.1) is 12.4 Å². The molecule has 114 valence electrons. The maximum absolute atomic E-state index is 6.36. The lowest BCUT2D eigenvalue weighted by Crippen LogP contribution is -2.34. The van der Waals surface area contributed by atoms with Crippen molar-refractivity contribution < 1.29 is 4.52 Å². The van der Waals surface area contributed by atoms with E-state index >= 15 is 0 Å². The van der Waals surface area contributed by atoms with Crippen molar-refractivity contribution in [1.82, 2.24) is 10.1 Å². The molecule has 0 atom stereocenters. The molecule has 21 heavy (non-hydrogen) atoms. The van der Waals surface area contributed by atoms with Gasteiger partial charge in [-0.2, -0.15) is 4.98 Å². The lowest BCUT2D eigenvalue weighted by atomic mass is 9.99. The van der Waals surface area contributed by atoms with Crippen LogP contribution in [0.1, 0.15) is 31.5 Å². The number of aromatic nitrogens is 2. The van der Waals surface area contributed by atoms with Gasteiger partial charge in [0, 0.05) is 25.3 Å². The first kappa shape index (κ1) is 15.8. The van der Waals surface area contributed by atoms with Crippen LogP contribution in [0, 0.1) is 0 Å². The van der Waals surface area contributed by atoms with E-state index in [1.54, 1.807) is 0 Å². The Balaban J connectivity index is 0.00000161. The average Bonchev–Trinajstić information content (AvgIpc) is 3.08. The minimum atomic E-state index is -0.402. The molecule has 1 heterocycles. The van der Waals surface area contributed by atoms with E-state index in [9.17, 15) is 0 Å². The van der Waals surface area contributed by atoms with Crippen LogP contribution in [0.15, 0.2) is 28.8 Å². The Labute approximate surface area is 130 Å². The Morgan fingerprint density at radius 3 is 2.62 bits per heavy atom. The van der Waals surface area contributed by atoms with Gasteiger partial charge < -0.3 is 15.2 Å². The van der Waals surface area contributed by atoms with E-state index in [1.165, 1.54) is 0 Å². The van der Waals surface area contributed by atoms with Crippen LogP contribution in [0.2, 0.25) is 0 Å². The summed E-state index contributed by atoms with van der Waals surface area (Å²) < 4.78 is 5.40. The first-order valence-electron chi connectivity index (χ1n) is 6.99. The van der Waals surface area contributed by atoms with Gasteiger partial charge >= 0.3 is 0 Å². The third kappa shape index (κ3) is 3.04. The fourth-order valence-corrected chi connectivity index (χ4v) is 2.69. The van der Waals surface area contributed by atoms with Crippen LogP contribution in [0.4, 0.5) is 5.69 Å². The van der Waals surface area contributed by atoms with Crippen molar-refractivity contribution in [2.45, 2.75) is 31.2 Å². The Bertz CT molecular complexity index is 605. The molecule has 1 aromatic heterocycles. The quantitative estimate of drug-likeness (QED) is 0.944. The molecule has 1 fully saturated rings. The maximum atomic E-state index is 6.36. The van der Waals surface area contributed by atoms with Crippen LogP contribution in [-0.4, -0.2) is 24.2 Å². The fourth-order valence-electron chi connectivity index (χ4n) is 2.69. The van der Waals surface area contributed by atoms with Gasteiger partial charge in [-0.25, -0.2) is 0 Å². The molecule has 0 unspecified atom stereocenters. The summed E-state index contributed by atoms with van der Waals surface area (Å²) in [7, 11) is 4.01. The monoisotopic (exact) mass is 308 g/mol. The second-order valence-electron chi connectivity index (χ2n) is 5.73. The van der Waals surface area contributed by atoms with Crippen molar-refractivity contribution in [2.75, 3.05) is 19.0 Å². The molecule has 1 aliphatic rings. The van der Waals surface area contributed by atoms with Crippen LogP contribution < -0.4 is 10.6 Å². The van der Waals surface area contributed by atoms with E-state index < -0.39 is 5.54 Å². The van der Waals surface area contributed by atoms with Gasteiger partial charge in [0.2, 0.25) is 0 Å². The van der Waals surface area contributed by atoms with Crippen LogP contribution in [-0.2, 0) is 5.54 Å². The maximum Gasteiger partial charge on any atom is 0.258 e. The van der Waals surface area contributed by atoms with Crippen LogP contribution in [0.5, 0.6) is 0 Å². The van der Waals surface area contributed by atoms with E-state index in [1.807, 2.05) is 43.3 Å². The van der Waals surface area contributed by atoms with Gasteiger partial charge in [-0.05, 0) is 31.0 Å². The number of benzene rings is 1. The Morgan fingerprint density at radius 2 is 1.95 bits per heavy atom. The van der Waals surface area contributed by atoms with E-state index in [2.05, 4.69) is 10.1 Å². The van der Waals surface area contributed by atoms with Crippen molar-refractivity contribution in [2.24, 2.45) is 5.73 Å². The molecule has 0 radical (unpaired) electrons. The minimum Gasteiger partial charge on any atom is -0.378 e. The highest BCUT2D eigenvalue weighted by molar-refractivity contribution is 5.85. The zero-order chi connectivity index (χ0) is 14.2. The highest BCUT2D eigenvalue weighted by Crippen LogP contribution is 2.35. The summed E-state index contributed by atoms with van der Waals surface area (Å²) in [5, 5.41) is 4.10. The lowest BCUT2D eigenvalue weighted by Gasteiger charge is -2.17. The average molecular weight is 309 g/mol. The number of anilines is 1. The van der Waals surface area contributed by atoms with Gasteiger partial charge in [-0.1, -0.05) is 24.1 Å². The van der Waals surface area contributed by atoms with E-state index in [4.69, 9.17) is 10.3 Å². The zero-order valence-corrected chi connectivity index (χ0v) is 13.2. The summed E-state index contributed by atoms with van der Waals surface area (Å²) in [6.45, 7) is 0. The van der Waals surface area contributed by atoms with Crippen molar-refractivity contribution in [3.8, 4) is 11.5 Å². The Hall–Kier alpha value is -1.59. The van der Waals surface area contributed by atoms with E-state index in [0.29, 0.717) is 11.7 Å². The van der Waals surface area contributed by atoms with E-state index in [0.717, 1.165) is 36.9 Å². The molecule has 0 bridgehead atoms. The minimum absolute atomic E-state index is 0. The molecule has 0 aliphatic heterocycles. The predicted octanol–water partition coefficient (Wildman–Crippen LogP) is 2.95. The summed E-state index contributed by atoms with van der Waals surface area (Å²) in [4.78, 5) is 6.56. The SMILES string of the molecule is CN(C)c1cccc(-c2nc(C3(N)CCCC3)no2)c1.Cl. The third-order valence-electron chi connectivity index (χ3n) is 3.98. The van der Waals surface area contributed by atoms with Gasteiger partial charge in [-0.3, -0.25) is 0 Å². The fraction of sp³-hybridized carbons (Fsp3) is 0.467. The smallest absolute Gasteiger partial charge is 0.258 e. The van der Waals surface area contributed by atoms with Crippen LogP contribution in [0.3, 0.4) is 0 Å². The molecule has 0 spiro atoms. The molecule has 1 saturated carbocycles. The zero-order valence-electron chi connectivity index (χ0n) is 12.4. The summed E-state index contributed by atoms with van der Waals surface area (Å²) in [6, 6.07) is 8.04. The molecule has 5 nitrogen and oxygen atoms in total. The van der Waals surface area contributed by atoms with Crippen molar-refractivity contribution in [1.29, 1.82) is 0 Å². The first-order valence-corrected chi connectivity index (χ1v) is 6.99. The molecule has 6 heteroatoms. The summed E-state index contributed by atoms with van der Waals surface area (Å²) >= 11 is 0. The molecule has 2 aromatic rings. The Morgan fingerprint density at radius 1 is 1.24 bits per heavy atom. The summed E-state index contributed by atoms with van der Waals surface area (Å²) in [5.41, 5.74) is 7.98. The molecule has 3 rings (SSSR count). The molecule has 1 aliphatic carbocycles. The number of rotatable bonds is 3. The number of halogens is 1. The normalized spacial score (nSPS) is 16.5. The predicted molar refractivity (Wildman–Crippen MR) is 85.6 cm³/mol. The second kappa shape index (κ2) is 6.03. The molecule has 0 saturated heterocycles. The van der Waals surface area contributed by atoms with Crippen LogP contribution >= 0.6 is 12.4 Å². The number of nitrogens with two attached hydrogens (primary N) is 1. The molecule has 0 amide bonds. The van der Waals surface area contributed by atoms with Gasteiger partial charge in [0.05, 0.1) is 5.54 Å². The van der Waals surface area contributed by atoms with Crippen molar-refractivity contribution >= 4 is 18.1 Å². The van der Waals surface area contributed by atoms with Crippen molar-refractivity contribution in [3.63, 3.8) is 0 Å². The highest BCUT2D eigenvalue weighted by Gasteiger charge is 2.36. The first-order chi connectivity index (χ1) is 9.58. The third-order valence-corrected chi connectivity index (χ3v) is 3.98. The summed E-state index contributed by atoms with van der Waals surface area (Å²) in [5.74, 6) is 1.18. The topological polar surface area (TPSA) is 68.2 Å². The van der Waals surface area contributed by atoms with Gasteiger partial charge in [0.1, 0.15) is 0 Å². The largest absolute Gasteiger partial charge is 0.378 e. The molecule has 2 N–H and O–H groups in total. The van der Waals surface area contributed by atoms with Crippen LogP contribution in [0.25, 0.3) is 11.5 Å². The number of nitrogens with zero attached hydrogens (tertiary/aromatic N) is 3. The number of hydrogen-bond donors (Lipinski definition) is 1. The molecular formula is C15H21ClN4O. The summed E-state index contributed by atoms with van der Waals surface area (Å²) in [6.07, 6.45) is 4.14. The van der Waals surface area contributed by atoms with E-state index in [-0.39, 0.29) is 12.4 Å². The molecular weight excluding hydrogens is 288 g/mol. The highest BCUT2D eigenvalue weighted by atomic mass is 35.5. The lowest BCUT2D eigenvalue weighted by molar-refractivity contribution is 0.372. The van der Waals surface area contributed by atoms with Gasteiger partial charge in [0.15, 0.2) is 5.82 Å². The Kier molecular flexibility index (Phi) is 4.54. The number of hydrogen-bond acceptors (Lipinski definition) is 5. The van der Waals surface area contributed by atoms with Crippen molar-refractivity contribution in [3.05, 3.63) is 30.1 Å². The molecule has 1 aromatic carbocycles. The standard InChI is InChI=1S/C15H20N4O.ClH/c1-19(2)12-7-5-6-11(10-12)13-17-14(18-20-13)15(16)8-3-4-9-15;/h5-7,10H,3-4,8-9,16H2,1-2H3;1H. The van der Waals surface area contributed by atoms with Gasteiger partial charge in [0.25, 0.3) is 5.89 Å². The second-order valence-corrected chi connectivity index (χ2v) is 5.73.